The number of hydrogen-bond acceptors (Lipinski definition) is 1. The molecule has 2 rings (SSSR count). The lowest BCUT2D eigenvalue weighted by molar-refractivity contribution is 0.306. The predicted octanol–water partition coefficient (Wildman–Crippen LogP) is 4.12. The first-order valence-electron chi connectivity index (χ1n) is 6.22. The number of nitrogens with one attached hydrogen (secondary N) is 1. The maximum Gasteiger partial charge on any atom is 0.0208 e. The van der Waals surface area contributed by atoms with E-state index in [1.165, 1.54) is 31.2 Å². The highest BCUT2D eigenvalue weighted by molar-refractivity contribution is 9.10. The fraction of sp³-hybridized carbons (Fsp3) is 0.571. The van der Waals surface area contributed by atoms with E-state index in [1.54, 1.807) is 0 Å². The molecule has 1 N–H and O–H groups in total. The predicted molar refractivity (Wildman–Crippen MR) is 72.4 cm³/mol. The van der Waals surface area contributed by atoms with Crippen LogP contribution >= 0.6 is 15.9 Å². The van der Waals surface area contributed by atoms with E-state index in [2.05, 4.69) is 52.4 Å². The Morgan fingerprint density at radius 3 is 2.38 bits per heavy atom. The van der Waals surface area contributed by atoms with Crippen molar-refractivity contribution in [2.75, 3.05) is 0 Å². The van der Waals surface area contributed by atoms with Crippen molar-refractivity contribution >= 4 is 15.9 Å². The van der Waals surface area contributed by atoms with Crippen LogP contribution in [0.1, 0.15) is 38.2 Å². The Balaban J connectivity index is 1.77. The van der Waals surface area contributed by atoms with Gasteiger partial charge in [0.1, 0.15) is 0 Å². The topological polar surface area (TPSA) is 12.0 Å². The third-order valence-corrected chi connectivity index (χ3v) is 4.05. The number of halogens is 1. The van der Waals surface area contributed by atoms with Crippen LogP contribution in [0.3, 0.4) is 0 Å². The van der Waals surface area contributed by atoms with Crippen LogP contribution in [0.15, 0.2) is 28.7 Å². The van der Waals surface area contributed by atoms with E-state index in [0.717, 1.165) is 23.0 Å². The minimum Gasteiger partial charge on any atom is -0.310 e. The summed E-state index contributed by atoms with van der Waals surface area (Å²) < 4.78 is 1.16. The van der Waals surface area contributed by atoms with Crippen LogP contribution in [0.2, 0.25) is 0 Å². The molecule has 0 saturated heterocycles. The maximum absolute atomic E-state index is 3.66. The molecule has 1 saturated carbocycles. The van der Waals surface area contributed by atoms with Gasteiger partial charge in [-0.15, -0.1) is 0 Å². The Kier molecular flexibility index (Phi) is 4.42. The zero-order valence-corrected chi connectivity index (χ0v) is 11.5. The summed E-state index contributed by atoms with van der Waals surface area (Å²) in [6.45, 7) is 3.37. The highest BCUT2D eigenvalue weighted by atomic mass is 79.9. The second-order valence-electron chi connectivity index (χ2n) is 4.96. The lowest BCUT2D eigenvalue weighted by Gasteiger charge is -2.27. The number of benzene rings is 1. The first-order chi connectivity index (χ1) is 7.74. The molecule has 0 heterocycles. The Hall–Kier alpha value is -0.340. The number of hydrogen-bond donors (Lipinski definition) is 1. The summed E-state index contributed by atoms with van der Waals surface area (Å²) in [5, 5.41) is 3.66. The molecule has 0 amide bonds. The minimum absolute atomic E-state index is 0.736. The van der Waals surface area contributed by atoms with Gasteiger partial charge in [-0.2, -0.15) is 0 Å². The highest BCUT2D eigenvalue weighted by Crippen LogP contribution is 2.23. The van der Waals surface area contributed by atoms with Gasteiger partial charge in [0, 0.05) is 17.1 Å². The molecule has 1 aliphatic carbocycles. The van der Waals surface area contributed by atoms with Gasteiger partial charge in [0.25, 0.3) is 0 Å². The molecule has 16 heavy (non-hydrogen) atoms. The van der Waals surface area contributed by atoms with Crippen LogP contribution in [-0.2, 0) is 6.54 Å². The smallest absolute Gasteiger partial charge is 0.0208 e. The fourth-order valence-electron chi connectivity index (χ4n) is 2.33. The van der Waals surface area contributed by atoms with E-state index in [0.29, 0.717) is 0 Å². The van der Waals surface area contributed by atoms with Gasteiger partial charge in [-0.25, -0.2) is 0 Å². The largest absolute Gasteiger partial charge is 0.310 e. The molecule has 0 atom stereocenters. The lowest BCUT2D eigenvalue weighted by Crippen LogP contribution is -2.32. The van der Waals surface area contributed by atoms with E-state index < -0.39 is 0 Å². The van der Waals surface area contributed by atoms with Crippen LogP contribution in [0.4, 0.5) is 0 Å². The van der Waals surface area contributed by atoms with Crippen molar-refractivity contribution < 1.29 is 0 Å². The van der Waals surface area contributed by atoms with Crippen molar-refractivity contribution in [3.05, 3.63) is 34.3 Å². The molecular weight excluding hydrogens is 262 g/mol. The summed E-state index contributed by atoms with van der Waals surface area (Å²) in [4.78, 5) is 0. The summed E-state index contributed by atoms with van der Waals surface area (Å²) in [5.74, 6) is 0.936. The molecule has 0 aromatic heterocycles. The second kappa shape index (κ2) is 5.83. The van der Waals surface area contributed by atoms with Gasteiger partial charge in [0.15, 0.2) is 0 Å². The van der Waals surface area contributed by atoms with Crippen molar-refractivity contribution in [2.45, 2.75) is 45.2 Å². The van der Waals surface area contributed by atoms with Gasteiger partial charge >= 0.3 is 0 Å². The van der Waals surface area contributed by atoms with Crippen molar-refractivity contribution in [3.8, 4) is 0 Å². The van der Waals surface area contributed by atoms with Gasteiger partial charge in [-0.3, -0.25) is 0 Å². The molecule has 0 radical (unpaired) electrons. The molecule has 1 aromatic rings. The van der Waals surface area contributed by atoms with Crippen molar-refractivity contribution in [2.24, 2.45) is 5.92 Å². The second-order valence-corrected chi connectivity index (χ2v) is 5.88. The molecular formula is C14H20BrN. The molecule has 1 nitrogen and oxygen atoms in total. The molecule has 1 aromatic carbocycles. The summed E-state index contributed by atoms with van der Waals surface area (Å²) in [5.41, 5.74) is 1.38. The molecule has 88 valence electrons. The molecule has 0 unspecified atom stereocenters. The van der Waals surface area contributed by atoms with Gasteiger partial charge in [0.2, 0.25) is 0 Å². The number of rotatable bonds is 3. The van der Waals surface area contributed by atoms with Gasteiger partial charge in [-0.05, 0) is 49.3 Å². The molecule has 2 heteroatoms. The first kappa shape index (κ1) is 12.1. The van der Waals surface area contributed by atoms with E-state index in [9.17, 15) is 0 Å². The molecule has 0 aliphatic heterocycles. The van der Waals surface area contributed by atoms with Crippen LogP contribution in [-0.4, -0.2) is 6.04 Å². The molecule has 1 fully saturated rings. The monoisotopic (exact) mass is 281 g/mol. The third kappa shape index (κ3) is 3.60. The Morgan fingerprint density at radius 1 is 1.12 bits per heavy atom. The average molecular weight is 282 g/mol. The summed E-state index contributed by atoms with van der Waals surface area (Å²) in [7, 11) is 0. The third-order valence-electron chi connectivity index (χ3n) is 3.52. The van der Waals surface area contributed by atoms with Gasteiger partial charge in [-0.1, -0.05) is 35.0 Å². The summed E-state index contributed by atoms with van der Waals surface area (Å²) in [6, 6.07) is 9.32. The van der Waals surface area contributed by atoms with Crippen LogP contribution < -0.4 is 5.32 Å². The van der Waals surface area contributed by atoms with E-state index >= 15 is 0 Å². The summed E-state index contributed by atoms with van der Waals surface area (Å²) in [6.07, 6.45) is 5.46. The zero-order chi connectivity index (χ0) is 11.4. The van der Waals surface area contributed by atoms with Crippen LogP contribution in [0.5, 0.6) is 0 Å². The van der Waals surface area contributed by atoms with Gasteiger partial charge < -0.3 is 5.32 Å². The summed E-state index contributed by atoms with van der Waals surface area (Å²) >= 11 is 3.46. The van der Waals surface area contributed by atoms with E-state index in [4.69, 9.17) is 0 Å². The van der Waals surface area contributed by atoms with Crippen molar-refractivity contribution in [1.82, 2.24) is 5.32 Å². The Morgan fingerprint density at radius 2 is 1.75 bits per heavy atom. The molecule has 0 bridgehead atoms. The maximum atomic E-state index is 3.66. The molecule has 0 spiro atoms. The first-order valence-corrected chi connectivity index (χ1v) is 7.01. The molecule has 1 aliphatic rings. The SMILES string of the molecule is CC1CCC(NCc2ccc(Br)cc2)CC1. The lowest BCUT2D eigenvalue weighted by atomic mass is 9.87. The van der Waals surface area contributed by atoms with Crippen molar-refractivity contribution in [3.63, 3.8) is 0 Å². The van der Waals surface area contributed by atoms with Crippen LogP contribution in [0.25, 0.3) is 0 Å². The highest BCUT2D eigenvalue weighted by Gasteiger charge is 2.17. The standard InChI is InChI=1S/C14H20BrN/c1-11-2-8-14(9-3-11)16-10-12-4-6-13(15)7-5-12/h4-7,11,14,16H,2-3,8-10H2,1H3. The minimum atomic E-state index is 0.736. The Bertz CT molecular complexity index is 312. The van der Waals surface area contributed by atoms with Crippen LogP contribution in [0, 0.1) is 5.92 Å². The Labute approximate surface area is 107 Å². The average Bonchev–Trinajstić information content (AvgIpc) is 2.30. The fourth-order valence-corrected chi connectivity index (χ4v) is 2.59. The van der Waals surface area contributed by atoms with E-state index in [-0.39, 0.29) is 0 Å². The zero-order valence-electron chi connectivity index (χ0n) is 9.88. The normalized spacial score (nSPS) is 25.6. The van der Waals surface area contributed by atoms with Gasteiger partial charge in [0.05, 0.1) is 0 Å². The van der Waals surface area contributed by atoms with Crippen molar-refractivity contribution in [1.29, 1.82) is 0 Å². The van der Waals surface area contributed by atoms with E-state index in [1.807, 2.05) is 0 Å². The quantitative estimate of drug-likeness (QED) is 0.879.